The van der Waals surface area contributed by atoms with E-state index < -0.39 is 6.61 Å². The molecule has 0 unspecified atom stereocenters. The molecule has 0 saturated heterocycles. The van der Waals surface area contributed by atoms with Gasteiger partial charge in [-0.25, -0.2) is 9.97 Å². The smallest absolute Gasteiger partial charge is 0.387 e. The zero-order valence-corrected chi connectivity index (χ0v) is 7.46. The SMILES string of the molecule is FC(F)Oc1cnc(CBr)nc1. The average Bonchev–Trinajstić information content (AvgIpc) is 2.05. The van der Waals surface area contributed by atoms with Crippen molar-refractivity contribution in [2.45, 2.75) is 11.9 Å². The Morgan fingerprint density at radius 1 is 1.42 bits per heavy atom. The zero-order valence-electron chi connectivity index (χ0n) is 5.88. The molecule has 0 atom stereocenters. The van der Waals surface area contributed by atoms with Gasteiger partial charge in [-0.05, 0) is 0 Å². The summed E-state index contributed by atoms with van der Waals surface area (Å²) in [6.07, 6.45) is 2.41. The molecule has 0 fully saturated rings. The highest BCUT2D eigenvalue weighted by atomic mass is 79.9. The maximum absolute atomic E-state index is 11.6. The molecule has 12 heavy (non-hydrogen) atoms. The van der Waals surface area contributed by atoms with E-state index in [4.69, 9.17) is 0 Å². The Labute approximate surface area is 75.9 Å². The molecule has 1 aromatic rings. The number of rotatable bonds is 3. The van der Waals surface area contributed by atoms with Gasteiger partial charge in [0, 0.05) is 0 Å². The van der Waals surface area contributed by atoms with E-state index in [0.29, 0.717) is 11.2 Å². The lowest BCUT2D eigenvalue weighted by molar-refractivity contribution is -0.0503. The van der Waals surface area contributed by atoms with Crippen molar-refractivity contribution in [3.63, 3.8) is 0 Å². The highest BCUT2D eigenvalue weighted by molar-refractivity contribution is 9.08. The van der Waals surface area contributed by atoms with Gasteiger partial charge in [-0.2, -0.15) is 8.78 Å². The van der Waals surface area contributed by atoms with Crippen LogP contribution in [0.2, 0.25) is 0 Å². The summed E-state index contributed by atoms with van der Waals surface area (Å²) in [6.45, 7) is -2.83. The van der Waals surface area contributed by atoms with Gasteiger partial charge in [-0.15, -0.1) is 0 Å². The minimum atomic E-state index is -2.83. The topological polar surface area (TPSA) is 35.0 Å². The predicted molar refractivity (Wildman–Crippen MR) is 41.3 cm³/mol. The van der Waals surface area contributed by atoms with E-state index in [-0.39, 0.29) is 5.75 Å². The lowest BCUT2D eigenvalue weighted by Gasteiger charge is -2.02. The van der Waals surface area contributed by atoms with Crippen LogP contribution in [0.4, 0.5) is 8.78 Å². The Bertz CT molecular complexity index is 242. The summed E-state index contributed by atoms with van der Waals surface area (Å²) in [6, 6.07) is 0. The van der Waals surface area contributed by atoms with Crippen molar-refractivity contribution in [3.8, 4) is 5.75 Å². The highest BCUT2D eigenvalue weighted by Crippen LogP contribution is 2.10. The van der Waals surface area contributed by atoms with Crippen molar-refractivity contribution in [2.24, 2.45) is 0 Å². The molecule has 6 heteroatoms. The number of halogens is 3. The second-order valence-corrected chi connectivity index (χ2v) is 2.41. The van der Waals surface area contributed by atoms with E-state index in [9.17, 15) is 8.78 Å². The number of hydrogen-bond donors (Lipinski definition) is 0. The van der Waals surface area contributed by atoms with Gasteiger partial charge < -0.3 is 4.74 Å². The molecular weight excluding hydrogens is 234 g/mol. The minimum absolute atomic E-state index is 0.0327. The number of aromatic nitrogens is 2. The molecular formula is C6H5BrF2N2O. The van der Waals surface area contributed by atoms with Crippen LogP contribution in [0.25, 0.3) is 0 Å². The van der Waals surface area contributed by atoms with Gasteiger partial charge in [0.1, 0.15) is 5.82 Å². The largest absolute Gasteiger partial charge is 0.432 e. The van der Waals surface area contributed by atoms with Gasteiger partial charge in [0.2, 0.25) is 0 Å². The maximum atomic E-state index is 11.6. The Balaban J connectivity index is 2.65. The molecule has 0 radical (unpaired) electrons. The van der Waals surface area contributed by atoms with Crippen molar-refractivity contribution >= 4 is 15.9 Å². The molecule has 0 spiro atoms. The summed E-state index contributed by atoms with van der Waals surface area (Å²) in [7, 11) is 0. The van der Waals surface area contributed by atoms with Gasteiger partial charge in [-0.1, -0.05) is 15.9 Å². The van der Waals surface area contributed by atoms with Crippen molar-refractivity contribution in [3.05, 3.63) is 18.2 Å². The van der Waals surface area contributed by atoms with Crippen LogP contribution in [0, 0.1) is 0 Å². The van der Waals surface area contributed by atoms with Crippen LogP contribution < -0.4 is 4.74 Å². The van der Waals surface area contributed by atoms with E-state index in [1.165, 1.54) is 12.4 Å². The Morgan fingerprint density at radius 2 is 2.00 bits per heavy atom. The number of alkyl halides is 3. The zero-order chi connectivity index (χ0) is 8.97. The molecule has 0 aliphatic heterocycles. The first kappa shape index (κ1) is 9.31. The average molecular weight is 239 g/mol. The van der Waals surface area contributed by atoms with Crippen LogP contribution in [0.5, 0.6) is 5.75 Å². The minimum Gasteiger partial charge on any atom is -0.432 e. The molecule has 0 saturated carbocycles. The van der Waals surface area contributed by atoms with Crippen LogP contribution >= 0.6 is 15.9 Å². The van der Waals surface area contributed by atoms with Gasteiger partial charge in [0.25, 0.3) is 0 Å². The quantitative estimate of drug-likeness (QED) is 0.756. The molecule has 0 amide bonds. The Hall–Kier alpha value is -0.780. The first-order valence-electron chi connectivity index (χ1n) is 3.04. The predicted octanol–water partition coefficient (Wildman–Crippen LogP) is 1.97. The standard InChI is InChI=1S/C6H5BrF2N2O/c7-1-5-10-2-4(3-11-5)12-6(8)9/h2-3,6H,1H2. The van der Waals surface area contributed by atoms with E-state index in [0.717, 1.165) is 0 Å². The molecule has 1 heterocycles. The lowest BCUT2D eigenvalue weighted by atomic mass is 10.6. The molecule has 66 valence electrons. The second kappa shape index (κ2) is 4.30. The second-order valence-electron chi connectivity index (χ2n) is 1.85. The molecule has 0 aliphatic rings. The molecule has 0 aliphatic carbocycles. The van der Waals surface area contributed by atoms with Crippen molar-refractivity contribution in [1.82, 2.24) is 9.97 Å². The molecule has 1 aromatic heterocycles. The summed E-state index contributed by atoms with van der Waals surface area (Å²) >= 11 is 3.12. The van der Waals surface area contributed by atoms with Crippen molar-refractivity contribution < 1.29 is 13.5 Å². The monoisotopic (exact) mass is 238 g/mol. The van der Waals surface area contributed by atoms with Gasteiger partial charge in [0.15, 0.2) is 5.75 Å². The van der Waals surface area contributed by atoms with Gasteiger partial charge >= 0.3 is 6.61 Å². The fraction of sp³-hybridized carbons (Fsp3) is 0.333. The van der Waals surface area contributed by atoms with Crippen LogP contribution in [-0.2, 0) is 5.33 Å². The Morgan fingerprint density at radius 3 is 2.42 bits per heavy atom. The molecule has 0 N–H and O–H groups in total. The molecule has 0 aromatic carbocycles. The van der Waals surface area contributed by atoms with Gasteiger partial charge in [-0.3, -0.25) is 0 Å². The first-order valence-corrected chi connectivity index (χ1v) is 4.16. The van der Waals surface area contributed by atoms with Crippen LogP contribution in [0.15, 0.2) is 12.4 Å². The van der Waals surface area contributed by atoms with Crippen molar-refractivity contribution in [1.29, 1.82) is 0 Å². The normalized spacial score (nSPS) is 10.3. The number of nitrogens with zero attached hydrogens (tertiary/aromatic N) is 2. The highest BCUT2D eigenvalue weighted by Gasteiger charge is 2.04. The molecule has 0 bridgehead atoms. The van der Waals surface area contributed by atoms with E-state index in [1.807, 2.05) is 0 Å². The van der Waals surface area contributed by atoms with E-state index in [2.05, 4.69) is 30.6 Å². The summed E-state index contributed by atoms with van der Waals surface area (Å²) in [4.78, 5) is 7.47. The van der Waals surface area contributed by atoms with Crippen LogP contribution in [0.1, 0.15) is 5.82 Å². The summed E-state index contributed by atoms with van der Waals surface area (Å²) in [5.74, 6) is 0.492. The first-order chi connectivity index (χ1) is 5.72. The fourth-order valence-electron chi connectivity index (χ4n) is 0.576. The van der Waals surface area contributed by atoms with Crippen LogP contribution in [0.3, 0.4) is 0 Å². The van der Waals surface area contributed by atoms with E-state index in [1.54, 1.807) is 0 Å². The summed E-state index contributed by atoms with van der Waals surface area (Å²) in [5.41, 5.74) is 0. The van der Waals surface area contributed by atoms with E-state index >= 15 is 0 Å². The van der Waals surface area contributed by atoms with Gasteiger partial charge in [0.05, 0.1) is 17.7 Å². The van der Waals surface area contributed by atoms with Crippen LogP contribution in [-0.4, -0.2) is 16.6 Å². The Kier molecular flexibility index (Phi) is 3.33. The third-order valence-electron chi connectivity index (χ3n) is 1.03. The maximum Gasteiger partial charge on any atom is 0.387 e. The summed E-state index contributed by atoms with van der Waals surface area (Å²) in [5, 5.41) is 0.488. The fourth-order valence-corrected chi connectivity index (χ4v) is 0.865. The molecule has 3 nitrogen and oxygen atoms in total. The van der Waals surface area contributed by atoms with Crippen molar-refractivity contribution in [2.75, 3.05) is 0 Å². The third-order valence-corrected chi connectivity index (χ3v) is 1.53. The number of ether oxygens (including phenoxy) is 1. The third kappa shape index (κ3) is 2.69. The number of hydrogen-bond acceptors (Lipinski definition) is 3. The lowest BCUT2D eigenvalue weighted by Crippen LogP contribution is -2.03. The molecule has 1 rings (SSSR count). The summed E-state index contributed by atoms with van der Waals surface area (Å²) < 4.78 is 27.3.